The van der Waals surface area contributed by atoms with Crippen molar-refractivity contribution < 1.29 is 4.74 Å². The number of hydrogen-bond acceptors (Lipinski definition) is 5. The highest BCUT2D eigenvalue weighted by Gasteiger charge is 2.31. The first-order chi connectivity index (χ1) is 32.4. The van der Waals surface area contributed by atoms with Gasteiger partial charge in [-0.05, 0) is 93.9 Å². The molecule has 0 radical (unpaired) electrons. The van der Waals surface area contributed by atoms with Crippen molar-refractivity contribution in [3.8, 4) is 50.7 Å². The molecule has 0 bridgehead atoms. The average molecular weight is 871 g/mol. The van der Waals surface area contributed by atoms with Gasteiger partial charge >= 0.3 is 0 Å². The van der Waals surface area contributed by atoms with Crippen molar-refractivity contribution in [3.63, 3.8) is 0 Å². The SMILES string of the molecule is CC(C)(C)c1ccnc(-n2c3cc(Oc4cccc(N5CN(c6c(-c7ccccc7)cccc6-c6cccc(-c7ccccc7)c6)c6ccccc65)c4)ccc3c3sc4ccccc4c32)c1. The molecule has 0 atom stereocenters. The smallest absolute Gasteiger partial charge is 0.137 e. The van der Waals surface area contributed by atoms with Gasteiger partial charge in [-0.15, -0.1) is 11.3 Å². The summed E-state index contributed by atoms with van der Waals surface area (Å²) < 4.78 is 11.7. The fourth-order valence-electron chi connectivity index (χ4n) is 9.65. The van der Waals surface area contributed by atoms with Crippen LogP contribution < -0.4 is 14.5 Å². The lowest BCUT2D eigenvalue weighted by atomic mass is 9.88. The first-order valence-corrected chi connectivity index (χ1v) is 23.4. The number of nitrogens with zero attached hydrogens (tertiary/aromatic N) is 4. The number of rotatable bonds is 8. The second kappa shape index (κ2) is 15.9. The summed E-state index contributed by atoms with van der Waals surface area (Å²) in [5.74, 6) is 2.44. The Morgan fingerprint density at radius 1 is 0.515 bits per heavy atom. The van der Waals surface area contributed by atoms with E-state index in [1.807, 2.05) is 17.5 Å². The van der Waals surface area contributed by atoms with Gasteiger partial charge in [-0.2, -0.15) is 0 Å². The molecule has 318 valence electrons. The van der Waals surface area contributed by atoms with E-state index in [-0.39, 0.29) is 5.41 Å². The minimum absolute atomic E-state index is 0.0231. The summed E-state index contributed by atoms with van der Waals surface area (Å²) in [6, 6.07) is 73.8. The number of aromatic nitrogens is 2. The van der Waals surface area contributed by atoms with E-state index in [0.29, 0.717) is 6.67 Å². The van der Waals surface area contributed by atoms with Crippen molar-refractivity contribution in [3.05, 3.63) is 218 Å². The molecular weight excluding hydrogens is 825 g/mol. The second-order valence-electron chi connectivity index (χ2n) is 18.0. The van der Waals surface area contributed by atoms with Crippen molar-refractivity contribution >= 4 is 65.3 Å². The zero-order valence-electron chi connectivity index (χ0n) is 37.0. The third-order valence-electron chi connectivity index (χ3n) is 12.9. The van der Waals surface area contributed by atoms with Crippen molar-refractivity contribution in [1.29, 1.82) is 0 Å². The van der Waals surface area contributed by atoms with Crippen LogP contribution in [-0.2, 0) is 5.41 Å². The molecule has 8 aromatic carbocycles. The lowest BCUT2D eigenvalue weighted by molar-refractivity contribution is 0.483. The molecule has 0 saturated carbocycles. The lowest BCUT2D eigenvalue weighted by Crippen LogP contribution is -2.25. The van der Waals surface area contributed by atoms with Gasteiger partial charge in [-0.3, -0.25) is 4.57 Å². The van der Waals surface area contributed by atoms with Gasteiger partial charge in [0.05, 0.1) is 32.8 Å². The van der Waals surface area contributed by atoms with Gasteiger partial charge in [0.2, 0.25) is 0 Å². The maximum atomic E-state index is 6.85. The Kier molecular flexibility index (Phi) is 9.58. The highest BCUT2D eigenvalue weighted by Crippen LogP contribution is 2.51. The van der Waals surface area contributed by atoms with Crippen LogP contribution in [0.4, 0.5) is 22.7 Å². The molecule has 0 saturated heterocycles. The third-order valence-corrected chi connectivity index (χ3v) is 14.1. The summed E-state index contributed by atoms with van der Waals surface area (Å²) >= 11 is 1.83. The summed E-state index contributed by atoms with van der Waals surface area (Å²) in [5, 5.41) is 2.41. The number of fused-ring (bicyclic) bond motifs is 6. The molecule has 0 fully saturated rings. The Morgan fingerprint density at radius 3 is 1.97 bits per heavy atom. The fourth-order valence-corrected chi connectivity index (χ4v) is 10.9. The number of para-hydroxylation sites is 3. The summed E-state index contributed by atoms with van der Waals surface area (Å²) in [7, 11) is 0. The number of benzene rings is 8. The number of anilines is 4. The van der Waals surface area contributed by atoms with Crippen LogP contribution in [0.15, 0.2) is 212 Å². The van der Waals surface area contributed by atoms with Crippen LogP contribution >= 0.6 is 11.3 Å². The lowest BCUT2D eigenvalue weighted by Gasteiger charge is -2.27. The van der Waals surface area contributed by atoms with Gasteiger partial charge < -0.3 is 14.5 Å². The molecule has 66 heavy (non-hydrogen) atoms. The molecule has 0 aliphatic carbocycles. The predicted molar refractivity (Wildman–Crippen MR) is 278 cm³/mol. The summed E-state index contributed by atoms with van der Waals surface area (Å²) in [5.41, 5.74) is 15.1. The second-order valence-corrected chi connectivity index (χ2v) is 19.1. The number of pyridine rings is 1. The Morgan fingerprint density at radius 2 is 1.17 bits per heavy atom. The van der Waals surface area contributed by atoms with Crippen LogP contribution in [-0.4, -0.2) is 16.2 Å². The standard InChI is InChI=1S/C60H46N4OS/c1-60(2,3)44-33-34-61-56(36-44)64-54-38-47(31-32-50(54)59-58(64)51-25-10-13-30-55(51)66-59)65-46-24-15-23-45(37-46)62-39-63(53-29-12-11-28-52(53)62)57-48(41-19-8-5-9-20-41)26-16-27-49(57)43-22-14-21-42(35-43)40-17-6-4-7-18-40/h4-38H,39H2,1-3H3. The molecule has 0 unspecified atom stereocenters. The van der Waals surface area contributed by atoms with E-state index in [1.165, 1.54) is 70.3 Å². The molecule has 6 heteroatoms. The first-order valence-electron chi connectivity index (χ1n) is 22.5. The van der Waals surface area contributed by atoms with Crippen LogP contribution in [0.1, 0.15) is 26.3 Å². The number of thiophene rings is 1. The molecule has 1 aliphatic rings. The van der Waals surface area contributed by atoms with Gasteiger partial charge in [-0.25, -0.2) is 4.98 Å². The molecule has 11 aromatic rings. The Hall–Kier alpha value is -7.93. The van der Waals surface area contributed by atoms with Gasteiger partial charge in [0.25, 0.3) is 0 Å². The van der Waals surface area contributed by atoms with Crippen LogP contribution in [0.5, 0.6) is 11.5 Å². The zero-order chi connectivity index (χ0) is 44.4. The van der Waals surface area contributed by atoms with E-state index in [1.54, 1.807) is 0 Å². The monoisotopic (exact) mass is 870 g/mol. The fraction of sp³-hybridized carbons (Fsp3) is 0.0833. The highest BCUT2D eigenvalue weighted by atomic mass is 32.1. The average Bonchev–Trinajstić information content (AvgIpc) is 4.03. The Labute approximate surface area is 389 Å². The van der Waals surface area contributed by atoms with E-state index in [0.717, 1.165) is 39.9 Å². The van der Waals surface area contributed by atoms with Crippen LogP contribution in [0.2, 0.25) is 0 Å². The van der Waals surface area contributed by atoms with Crippen molar-refractivity contribution in [2.75, 3.05) is 16.5 Å². The molecular formula is C60H46N4OS. The van der Waals surface area contributed by atoms with Gasteiger partial charge in [-0.1, -0.05) is 154 Å². The number of hydrogen-bond donors (Lipinski definition) is 0. The maximum Gasteiger partial charge on any atom is 0.137 e. The van der Waals surface area contributed by atoms with Crippen molar-refractivity contribution in [1.82, 2.24) is 9.55 Å². The van der Waals surface area contributed by atoms with Gasteiger partial charge in [0.1, 0.15) is 24.0 Å². The molecule has 12 rings (SSSR count). The van der Waals surface area contributed by atoms with Gasteiger partial charge in [0.15, 0.2) is 0 Å². The van der Waals surface area contributed by atoms with E-state index >= 15 is 0 Å². The molecule has 3 aromatic heterocycles. The molecule has 0 N–H and O–H groups in total. The van der Waals surface area contributed by atoms with E-state index < -0.39 is 0 Å². The highest BCUT2D eigenvalue weighted by molar-refractivity contribution is 7.26. The van der Waals surface area contributed by atoms with Crippen molar-refractivity contribution in [2.24, 2.45) is 0 Å². The minimum atomic E-state index is -0.0231. The minimum Gasteiger partial charge on any atom is -0.457 e. The topological polar surface area (TPSA) is 33.5 Å². The first kappa shape index (κ1) is 39.6. The summed E-state index contributed by atoms with van der Waals surface area (Å²) in [6.07, 6.45) is 1.94. The Bertz CT molecular complexity index is 3600. The molecule has 0 amide bonds. The van der Waals surface area contributed by atoms with E-state index in [2.05, 4.69) is 241 Å². The maximum absolute atomic E-state index is 6.85. The predicted octanol–water partition coefficient (Wildman–Crippen LogP) is 16.7. The quantitative estimate of drug-likeness (QED) is 0.152. The van der Waals surface area contributed by atoms with Crippen LogP contribution in [0.3, 0.4) is 0 Å². The largest absolute Gasteiger partial charge is 0.457 e. The zero-order valence-corrected chi connectivity index (χ0v) is 37.8. The molecule has 4 heterocycles. The normalized spacial score (nSPS) is 12.7. The van der Waals surface area contributed by atoms with E-state index in [4.69, 9.17) is 9.72 Å². The number of ether oxygens (including phenoxy) is 1. The van der Waals surface area contributed by atoms with Crippen molar-refractivity contribution in [2.45, 2.75) is 26.2 Å². The molecule has 1 aliphatic heterocycles. The van der Waals surface area contributed by atoms with Gasteiger partial charge in [0, 0.05) is 50.6 Å². The summed E-state index contributed by atoms with van der Waals surface area (Å²) in [6.45, 7) is 7.37. The summed E-state index contributed by atoms with van der Waals surface area (Å²) in [4.78, 5) is 9.86. The molecule has 0 spiro atoms. The third kappa shape index (κ3) is 6.89. The Balaban J connectivity index is 0.935. The van der Waals surface area contributed by atoms with Crippen LogP contribution in [0, 0.1) is 0 Å². The van der Waals surface area contributed by atoms with Crippen LogP contribution in [0.25, 0.3) is 70.4 Å². The molecule has 5 nitrogen and oxygen atoms in total. The van der Waals surface area contributed by atoms with E-state index in [9.17, 15) is 0 Å².